The van der Waals surface area contributed by atoms with Crippen molar-refractivity contribution in [1.29, 1.82) is 0 Å². The highest BCUT2D eigenvalue weighted by molar-refractivity contribution is 5.94. The number of nitrogens with one attached hydrogen (secondary N) is 1. The first kappa shape index (κ1) is 27.3. The SMILES string of the molecule is COc1cc(-c2cc(C(=O)N3CCC(C(N)=O)CC34CC4[C@@H]3CC[C@](O)(C(F)(F)F)[C@@H](O)C3)n[nH]2)c(F)cn1. The van der Waals surface area contributed by atoms with Crippen LogP contribution in [0.2, 0.25) is 0 Å². The number of hydrogen-bond acceptors (Lipinski definition) is 7. The lowest BCUT2D eigenvalue weighted by Gasteiger charge is -2.44. The van der Waals surface area contributed by atoms with Gasteiger partial charge in [-0.05, 0) is 56.4 Å². The summed E-state index contributed by atoms with van der Waals surface area (Å²) in [6, 6.07) is 2.74. The molecule has 0 bridgehead atoms. The molecule has 0 aromatic carbocycles. The largest absolute Gasteiger partial charge is 0.481 e. The van der Waals surface area contributed by atoms with E-state index in [1.807, 2.05) is 0 Å². The van der Waals surface area contributed by atoms with Crippen molar-refractivity contribution < 1.29 is 42.1 Å². The smallest absolute Gasteiger partial charge is 0.419 e. The number of H-pyrrole nitrogens is 1. The van der Waals surface area contributed by atoms with Crippen molar-refractivity contribution in [2.45, 2.75) is 61.9 Å². The summed E-state index contributed by atoms with van der Waals surface area (Å²) in [4.78, 5) is 31.1. The summed E-state index contributed by atoms with van der Waals surface area (Å²) >= 11 is 0. The molecule has 212 valence electrons. The van der Waals surface area contributed by atoms with Gasteiger partial charge in [-0.3, -0.25) is 14.7 Å². The van der Waals surface area contributed by atoms with Crippen LogP contribution in [0.1, 0.15) is 49.0 Å². The molecule has 0 radical (unpaired) electrons. The van der Waals surface area contributed by atoms with Crippen LogP contribution in [-0.4, -0.2) is 79.2 Å². The van der Waals surface area contributed by atoms with Gasteiger partial charge in [0, 0.05) is 29.6 Å². The first-order valence-corrected chi connectivity index (χ1v) is 12.6. The number of aromatic amines is 1. The molecule has 2 aliphatic carbocycles. The molecule has 3 heterocycles. The Kier molecular flexibility index (Phi) is 6.61. The number of piperidine rings is 1. The Morgan fingerprint density at radius 2 is 2.00 bits per heavy atom. The number of ether oxygens (including phenoxy) is 1. The van der Waals surface area contributed by atoms with Crippen LogP contribution in [-0.2, 0) is 4.79 Å². The summed E-state index contributed by atoms with van der Waals surface area (Å²) in [6.45, 7) is 0.171. The maximum absolute atomic E-state index is 14.4. The molecular weight excluding hydrogens is 526 g/mol. The summed E-state index contributed by atoms with van der Waals surface area (Å²) < 4.78 is 59.6. The number of primary amides is 1. The molecule has 3 unspecified atom stereocenters. The maximum atomic E-state index is 14.4. The number of halogens is 4. The van der Waals surface area contributed by atoms with Crippen LogP contribution in [0.4, 0.5) is 17.6 Å². The second-order valence-electron chi connectivity index (χ2n) is 10.8. The van der Waals surface area contributed by atoms with Crippen molar-refractivity contribution >= 4 is 11.8 Å². The predicted octanol–water partition coefficient (Wildman–Crippen LogP) is 2.17. The Hall–Kier alpha value is -3.26. The second kappa shape index (κ2) is 9.44. The number of aromatic nitrogens is 3. The topological polar surface area (TPSA) is 155 Å². The highest BCUT2D eigenvalue weighted by Gasteiger charge is 2.67. The summed E-state index contributed by atoms with van der Waals surface area (Å²) in [6.07, 6.45) is -5.99. The third-order valence-corrected chi connectivity index (χ3v) is 8.75. The number of hydrogen-bond donors (Lipinski definition) is 4. The van der Waals surface area contributed by atoms with Gasteiger partial charge < -0.3 is 25.6 Å². The van der Waals surface area contributed by atoms with Gasteiger partial charge in [-0.25, -0.2) is 9.37 Å². The minimum Gasteiger partial charge on any atom is -0.481 e. The number of rotatable bonds is 5. The molecule has 1 saturated heterocycles. The second-order valence-corrected chi connectivity index (χ2v) is 10.8. The van der Waals surface area contributed by atoms with Gasteiger partial charge >= 0.3 is 6.18 Å². The molecule has 2 saturated carbocycles. The summed E-state index contributed by atoms with van der Waals surface area (Å²) in [7, 11) is 1.38. The van der Waals surface area contributed by atoms with Crippen molar-refractivity contribution in [2.24, 2.45) is 23.5 Å². The maximum Gasteiger partial charge on any atom is 0.419 e. The Balaban J connectivity index is 1.39. The Labute approximate surface area is 220 Å². The van der Waals surface area contributed by atoms with Gasteiger partial charge in [0.1, 0.15) is 0 Å². The number of nitrogens with two attached hydrogens (primary N) is 1. The Bertz CT molecular complexity index is 1290. The van der Waals surface area contributed by atoms with E-state index in [-0.39, 0.29) is 54.6 Å². The zero-order valence-corrected chi connectivity index (χ0v) is 21.0. The quantitative estimate of drug-likeness (QED) is 0.412. The van der Waals surface area contributed by atoms with Crippen molar-refractivity contribution in [3.8, 4) is 17.1 Å². The zero-order valence-electron chi connectivity index (χ0n) is 21.0. The van der Waals surface area contributed by atoms with E-state index in [9.17, 15) is 37.4 Å². The number of methoxy groups -OCH3 is 1. The molecule has 2 aromatic rings. The molecule has 5 N–H and O–H groups in total. The van der Waals surface area contributed by atoms with Crippen LogP contribution in [0.25, 0.3) is 11.3 Å². The zero-order chi connectivity index (χ0) is 28.3. The minimum atomic E-state index is -4.97. The number of aliphatic hydroxyl groups is 2. The van der Waals surface area contributed by atoms with E-state index in [1.165, 1.54) is 19.2 Å². The van der Waals surface area contributed by atoms with E-state index in [2.05, 4.69) is 15.2 Å². The molecule has 2 aromatic heterocycles. The van der Waals surface area contributed by atoms with Crippen LogP contribution in [0.5, 0.6) is 5.88 Å². The van der Waals surface area contributed by atoms with E-state index in [0.717, 1.165) is 6.20 Å². The molecule has 3 fully saturated rings. The van der Waals surface area contributed by atoms with Crippen LogP contribution >= 0.6 is 0 Å². The number of nitrogens with zero attached hydrogens (tertiary/aromatic N) is 3. The number of aliphatic hydroxyl groups excluding tert-OH is 1. The molecule has 1 spiro atoms. The van der Waals surface area contributed by atoms with Gasteiger partial charge in [-0.2, -0.15) is 18.3 Å². The third-order valence-electron chi connectivity index (χ3n) is 8.75. The molecule has 6 atom stereocenters. The van der Waals surface area contributed by atoms with Gasteiger partial charge in [0.15, 0.2) is 17.1 Å². The average molecular weight is 556 g/mol. The van der Waals surface area contributed by atoms with Crippen molar-refractivity contribution in [3.63, 3.8) is 0 Å². The number of alkyl halides is 3. The van der Waals surface area contributed by atoms with Crippen LogP contribution in [0.3, 0.4) is 0 Å². The van der Waals surface area contributed by atoms with Crippen LogP contribution < -0.4 is 10.5 Å². The normalized spacial score (nSPS) is 32.7. The van der Waals surface area contributed by atoms with Crippen molar-refractivity contribution in [2.75, 3.05) is 13.7 Å². The first-order chi connectivity index (χ1) is 18.3. The number of amides is 2. The third kappa shape index (κ3) is 4.52. The van der Waals surface area contributed by atoms with Gasteiger partial charge in [-0.1, -0.05) is 0 Å². The number of pyridine rings is 1. The molecule has 3 aliphatic rings. The number of likely N-dealkylation sites (tertiary alicyclic amines) is 1. The molecule has 2 amide bonds. The summed E-state index contributed by atoms with van der Waals surface area (Å²) in [5.74, 6) is -2.72. The minimum absolute atomic E-state index is 0.00153. The molecule has 5 rings (SSSR count). The summed E-state index contributed by atoms with van der Waals surface area (Å²) in [5.41, 5.74) is 1.85. The fraction of sp³-hybridized carbons (Fsp3) is 0.600. The lowest BCUT2D eigenvalue weighted by atomic mass is 9.72. The lowest BCUT2D eigenvalue weighted by molar-refractivity contribution is -0.302. The fourth-order valence-electron chi connectivity index (χ4n) is 6.48. The summed E-state index contributed by atoms with van der Waals surface area (Å²) in [5, 5.41) is 27.1. The monoisotopic (exact) mass is 555 g/mol. The Morgan fingerprint density at radius 1 is 1.26 bits per heavy atom. The molecule has 10 nitrogen and oxygen atoms in total. The van der Waals surface area contributed by atoms with Crippen molar-refractivity contribution in [1.82, 2.24) is 20.1 Å². The van der Waals surface area contributed by atoms with E-state index in [4.69, 9.17) is 10.5 Å². The van der Waals surface area contributed by atoms with E-state index in [1.54, 1.807) is 4.90 Å². The number of carbonyl (C=O) groups excluding carboxylic acids is 2. The van der Waals surface area contributed by atoms with Gasteiger partial charge in [0.25, 0.3) is 5.91 Å². The highest BCUT2D eigenvalue weighted by Crippen LogP contribution is 2.62. The van der Waals surface area contributed by atoms with Gasteiger partial charge in [0.05, 0.1) is 25.1 Å². The van der Waals surface area contributed by atoms with Gasteiger partial charge in [0.2, 0.25) is 11.8 Å². The highest BCUT2D eigenvalue weighted by atomic mass is 19.4. The van der Waals surface area contributed by atoms with Crippen molar-refractivity contribution in [3.05, 3.63) is 29.8 Å². The van der Waals surface area contributed by atoms with E-state index >= 15 is 0 Å². The van der Waals surface area contributed by atoms with Gasteiger partial charge in [-0.15, -0.1) is 0 Å². The molecular formula is C25H29F4N5O5. The average Bonchev–Trinajstić information content (AvgIpc) is 3.36. The first-order valence-electron chi connectivity index (χ1n) is 12.6. The molecule has 1 aliphatic heterocycles. The standard InChI is InChI=1S/C25H29F4N5O5/c1-39-20-7-14(16(26)11-31-20)17-8-18(33-32-17)22(37)34-5-3-13(21(30)36)9-23(34)10-15(23)12-2-4-24(38,19(35)6-12)25(27,28)29/h7-8,11-13,15,19,35,38H,2-6,9-10H2,1H3,(H2,30,36)(H,32,33)/t12-,13?,15?,19+,23?,24-/m1/s1. The van der Waals surface area contributed by atoms with Crippen LogP contribution in [0.15, 0.2) is 18.3 Å². The van der Waals surface area contributed by atoms with E-state index in [0.29, 0.717) is 12.8 Å². The predicted molar refractivity (Wildman–Crippen MR) is 126 cm³/mol. The molecule has 39 heavy (non-hydrogen) atoms. The Morgan fingerprint density at radius 3 is 2.64 bits per heavy atom. The molecule has 14 heteroatoms. The number of carbonyl (C=O) groups is 2. The van der Waals surface area contributed by atoms with E-state index < -0.39 is 59.3 Å². The lowest BCUT2D eigenvalue weighted by Crippen LogP contribution is -2.58. The van der Waals surface area contributed by atoms with Crippen LogP contribution in [0, 0.1) is 23.6 Å². The fourth-order valence-corrected chi connectivity index (χ4v) is 6.48.